The molecule has 2 aromatic carbocycles. The summed E-state index contributed by atoms with van der Waals surface area (Å²) < 4.78 is 0. The summed E-state index contributed by atoms with van der Waals surface area (Å²) in [6.07, 6.45) is 0. The number of benzene rings is 2. The van der Waals surface area contributed by atoms with Gasteiger partial charge >= 0.3 is 0 Å². The van der Waals surface area contributed by atoms with Crippen molar-refractivity contribution in [3.8, 4) is 0 Å². The summed E-state index contributed by atoms with van der Waals surface area (Å²) in [5.41, 5.74) is 6.11. The van der Waals surface area contributed by atoms with Crippen LogP contribution in [0.1, 0.15) is 22.4 Å². The normalized spacial score (nSPS) is 14.2. The maximum Gasteiger partial charge on any atom is 0.225 e. The lowest BCUT2D eigenvalue weighted by Crippen LogP contribution is -2.47. The van der Waals surface area contributed by atoms with Crippen LogP contribution in [0.3, 0.4) is 0 Å². The van der Waals surface area contributed by atoms with E-state index in [4.69, 9.17) is 4.98 Å². The van der Waals surface area contributed by atoms with E-state index < -0.39 is 0 Å². The minimum absolute atomic E-state index is 0.696. The van der Waals surface area contributed by atoms with E-state index in [9.17, 15) is 0 Å². The number of hydrogen-bond acceptors (Lipinski definition) is 5. The maximum atomic E-state index is 4.79. The molecule has 0 aliphatic carbocycles. The minimum Gasteiger partial charge on any atom is -0.368 e. The van der Waals surface area contributed by atoms with Gasteiger partial charge in [-0.3, -0.25) is 0 Å². The molecular formula is C24H29N5. The van der Waals surface area contributed by atoms with Crippen LogP contribution in [-0.4, -0.2) is 36.1 Å². The lowest BCUT2D eigenvalue weighted by Gasteiger charge is -2.37. The molecule has 0 atom stereocenters. The van der Waals surface area contributed by atoms with Crippen molar-refractivity contribution in [3.63, 3.8) is 0 Å². The van der Waals surface area contributed by atoms with Gasteiger partial charge in [0.2, 0.25) is 5.95 Å². The zero-order valence-corrected chi connectivity index (χ0v) is 17.5. The number of nitrogens with one attached hydrogen (secondary N) is 1. The van der Waals surface area contributed by atoms with Gasteiger partial charge in [0.1, 0.15) is 5.82 Å². The molecule has 4 rings (SSSR count). The Bertz CT molecular complexity index is 959. The highest BCUT2D eigenvalue weighted by Gasteiger charge is 2.19. The molecule has 1 aliphatic rings. The molecule has 29 heavy (non-hydrogen) atoms. The SMILES string of the molecule is Cc1ccc(CNc2nc(C)cc(N3CCN(c4cccc(C)c4)CC3)n2)cc1. The van der Waals surface area contributed by atoms with Gasteiger partial charge in [-0.05, 0) is 44.0 Å². The average molecular weight is 388 g/mol. The Morgan fingerprint density at radius 1 is 0.793 bits per heavy atom. The first-order valence-corrected chi connectivity index (χ1v) is 10.3. The number of rotatable bonds is 5. The van der Waals surface area contributed by atoms with E-state index in [1.165, 1.54) is 22.4 Å². The van der Waals surface area contributed by atoms with Crippen LogP contribution in [0.25, 0.3) is 0 Å². The van der Waals surface area contributed by atoms with Crippen LogP contribution in [0.5, 0.6) is 0 Å². The Labute approximate surface area is 173 Å². The van der Waals surface area contributed by atoms with E-state index in [1.54, 1.807) is 0 Å². The van der Waals surface area contributed by atoms with Gasteiger partial charge in [0.25, 0.3) is 0 Å². The smallest absolute Gasteiger partial charge is 0.225 e. The predicted molar refractivity (Wildman–Crippen MR) is 121 cm³/mol. The second-order valence-corrected chi connectivity index (χ2v) is 7.84. The summed E-state index contributed by atoms with van der Waals surface area (Å²) in [4.78, 5) is 14.2. The fourth-order valence-corrected chi connectivity index (χ4v) is 3.70. The van der Waals surface area contributed by atoms with Crippen molar-refractivity contribution >= 4 is 17.5 Å². The largest absolute Gasteiger partial charge is 0.368 e. The highest BCUT2D eigenvalue weighted by atomic mass is 15.3. The fraction of sp³-hybridized carbons (Fsp3) is 0.333. The van der Waals surface area contributed by atoms with Gasteiger partial charge in [0.15, 0.2) is 0 Å². The van der Waals surface area contributed by atoms with Gasteiger partial charge in [-0.1, -0.05) is 42.0 Å². The molecule has 1 saturated heterocycles. The maximum absolute atomic E-state index is 4.79. The molecule has 1 aromatic heterocycles. The molecule has 2 heterocycles. The Balaban J connectivity index is 1.40. The summed E-state index contributed by atoms with van der Waals surface area (Å²) in [5, 5.41) is 3.38. The van der Waals surface area contributed by atoms with Gasteiger partial charge < -0.3 is 15.1 Å². The molecule has 3 aromatic rings. The van der Waals surface area contributed by atoms with Crippen molar-refractivity contribution in [2.45, 2.75) is 27.3 Å². The number of piperazine rings is 1. The van der Waals surface area contributed by atoms with Crippen LogP contribution < -0.4 is 15.1 Å². The Kier molecular flexibility index (Phi) is 5.65. The second-order valence-electron chi connectivity index (χ2n) is 7.84. The van der Waals surface area contributed by atoms with Crippen LogP contribution >= 0.6 is 0 Å². The summed E-state index contributed by atoms with van der Waals surface area (Å²) in [5.74, 6) is 1.70. The van der Waals surface area contributed by atoms with Crippen LogP contribution in [0.2, 0.25) is 0 Å². The molecule has 1 aliphatic heterocycles. The first-order chi connectivity index (χ1) is 14.1. The van der Waals surface area contributed by atoms with Gasteiger partial charge in [-0.25, -0.2) is 4.98 Å². The van der Waals surface area contributed by atoms with Crippen molar-refractivity contribution in [1.82, 2.24) is 9.97 Å². The molecule has 0 unspecified atom stereocenters. The summed E-state index contributed by atoms with van der Waals surface area (Å²) >= 11 is 0. The zero-order valence-electron chi connectivity index (χ0n) is 17.5. The molecule has 5 heteroatoms. The van der Waals surface area contributed by atoms with Crippen molar-refractivity contribution in [3.05, 3.63) is 77.0 Å². The van der Waals surface area contributed by atoms with E-state index in [0.717, 1.165) is 44.2 Å². The number of nitrogens with zero attached hydrogens (tertiary/aromatic N) is 4. The quantitative estimate of drug-likeness (QED) is 0.705. The van der Waals surface area contributed by atoms with Gasteiger partial charge in [0.05, 0.1) is 0 Å². The molecule has 150 valence electrons. The highest BCUT2D eigenvalue weighted by molar-refractivity contribution is 5.52. The highest BCUT2D eigenvalue weighted by Crippen LogP contribution is 2.21. The van der Waals surface area contributed by atoms with E-state index in [0.29, 0.717) is 5.95 Å². The second kappa shape index (κ2) is 8.52. The molecule has 0 saturated carbocycles. The van der Waals surface area contributed by atoms with Crippen molar-refractivity contribution in [1.29, 1.82) is 0 Å². The first-order valence-electron chi connectivity index (χ1n) is 10.3. The van der Waals surface area contributed by atoms with Crippen molar-refractivity contribution in [2.24, 2.45) is 0 Å². The Morgan fingerprint density at radius 2 is 1.52 bits per heavy atom. The number of aromatic nitrogens is 2. The van der Waals surface area contributed by atoms with E-state index in [2.05, 4.69) is 88.5 Å². The van der Waals surface area contributed by atoms with E-state index in [1.807, 2.05) is 6.92 Å². The lowest BCUT2D eigenvalue weighted by molar-refractivity contribution is 0.646. The van der Waals surface area contributed by atoms with Crippen LogP contribution in [0, 0.1) is 20.8 Å². The summed E-state index contributed by atoms with van der Waals surface area (Å²) in [7, 11) is 0. The number of aryl methyl sites for hydroxylation is 3. The van der Waals surface area contributed by atoms with Gasteiger partial charge in [0, 0.05) is 50.2 Å². The third-order valence-electron chi connectivity index (χ3n) is 5.38. The van der Waals surface area contributed by atoms with Gasteiger partial charge in [-0.2, -0.15) is 4.98 Å². The lowest BCUT2D eigenvalue weighted by atomic mass is 10.1. The predicted octanol–water partition coefficient (Wildman–Crippen LogP) is 4.34. The molecule has 1 fully saturated rings. The zero-order chi connectivity index (χ0) is 20.2. The topological polar surface area (TPSA) is 44.3 Å². The number of anilines is 3. The number of hydrogen-bond donors (Lipinski definition) is 1. The molecule has 0 spiro atoms. The first kappa shape index (κ1) is 19.2. The minimum atomic E-state index is 0.696. The molecule has 1 N–H and O–H groups in total. The van der Waals surface area contributed by atoms with Gasteiger partial charge in [-0.15, -0.1) is 0 Å². The summed E-state index contributed by atoms with van der Waals surface area (Å²) in [6.45, 7) is 10.9. The van der Waals surface area contributed by atoms with Crippen molar-refractivity contribution in [2.75, 3.05) is 41.3 Å². The molecular weight excluding hydrogens is 358 g/mol. The average Bonchev–Trinajstić information content (AvgIpc) is 2.73. The molecule has 5 nitrogen and oxygen atoms in total. The monoisotopic (exact) mass is 387 g/mol. The van der Waals surface area contributed by atoms with E-state index >= 15 is 0 Å². The fourth-order valence-electron chi connectivity index (χ4n) is 3.70. The van der Waals surface area contributed by atoms with Crippen molar-refractivity contribution < 1.29 is 0 Å². The van der Waals surface area contributed by atoms with E-state index in [-0.39, 0.29) is 0 Å². The summed E-state index contributed by atoms with van der Waals surface area (Å²) in [6, 6.07) is 19.4. The Hall–Kier alpha value is -3.08. The standard InChI is InChI=1S/C24H29N5/c1-18-7-9-21(10-8-18)17-25-24-26-20(3)16-23(27-24)29-13-11-28(12-14-29)22-6-4-5-19(2)15-22/h4-10,15-16H,11-14,17H2,1-3H3,(H,25,26,27). The van der Waals surface area contributed by atoms with Crippen LogP contribution in [0.4, 0.5) is 17.5 Å². The molecule has 0 bridgehead atoms. The molecule has 0 radical (unpaired) electrons. The van der Waals surface area contributed by atoms with Crippen LogP contribution in [-0.2, 0) is 6.54 Å². The third kappa shape index (κ3) is 4.86. The Morgan fingerprint density at radius 3 is 2.24 bits per heavy atom. The molecule has 0 amide bonds. The van der Waals surface area contributed by atoms with Crippen LogP contribution in [0.15, 0.2) is 54.6 Å². The third-order valence-corrected chi connectivity index (χ3v) is 5.38.